The van der Waals surface area contributed by atoms with Crippen LogP contribution in [-0.2, 0) is 9.59 Å². The lowest BCUT2D eigenvalue weighted by molar-refractivity contribution is -0.139. The molecule has 0 aromatic carbocycles. The second-order valence-corrected chi connectivity index (χ2v) is 3.45. The molecule has 4 N–H and O–H groups in total. The van der Waals surface area contributed by atoms with Crippen molar-refractivity contribution in [3.63, 3.8) is 0 Å². The van der Waals surface area contributed by atoms with E-state index in [-0.39, 0.29) is 0 Å². The quantitative estimate of drug-likeness (QED) is 0.353. The highest BCUT2D eigenvalue weighted by Gasteiger charge is 2.10. The van der Waals surface area contributed by atoms with Gasteiger partial charge in [0.15, 0.2) is 0 Å². The average Bonchev–Trinajstić information content (AvgIpc) is 2.21. The number of likely N-dealkylation sites (N-methyl/N-ethyl adjacent to an activating group) is 2. The smallest absolute Gasteiger partial charge is 0.321 e. The van der Waals surface area contributed by atoms with E-state index in [0.717, 1.165) is 0 Å². The molecule has 0 radical (unpaired) electrons. The molecule has 0 aromatic heterocycles. The van der Waals surface area contributed by atoms with Crippen LogP contribution < -0.4 is 10.6 Å². The number of carboxylic acid groups (broad SMARTS) is 2. The highest BCUT2D eigenvalue weighted by molar-refractivity contribution is 7.80. The molecule has 6 nitrogen and oxygen atoms in total. The van der Waals surface area contributed by atoms with Crippen LogP contribution in [0.2, 0.25) is 0 Å². The van der Waals surface area contributed by atoms with E-state index in [9.17, 15) is 9.59 Å². The minimum Gasteiger partial charge on any atom is -0.480 e. The molecule has 2 atom stereocenters. The van der Waals surface area contributed by atoms with Gasteiger partial charge >= 0.3 is 11.9 Å². The maximum absolute atomic E-state index is 10.1. The molecule has 0 fully saturated rings. The van der Waals surface area contributed by atoms with Crippen LogP contribution in [0.4, 0.5) is 0 Å². The third-order valence-electron chi connectivity index (χ3n) is 1.66. The normalized spacial score (nSPS) is 13.2. The fourth-order valence-corrected chi connectivity index (χ4v) is 1.26. The predicted molar refractivity (Wildman–Crippen MR) is 68.7 cm³/mol. The SMILES string of the molecule is CNC(CS)C(=O)O.CNC(CS)C(=O)O. The maximum atomic E-state index is 10.1. The Hall–Kier alpha value is -0.440. The van der Waals surface area contributed by atoms with Gasteiger partial charge in [0.2, 0.25) is 0 Å². The number of nitrogens with one attached hydrogen (secondary N) is 2. The van der Waals surface area contributed by atoms with Crippen LogP contribution >= 0.6 is 25.3 Å². The van der Waals surface area contributed by atoms with E-state index in [1.165, 1.54) is 0 Å². The first-order valence-electron chi connectivity index (χ1n) is 4.46. The summed E-state index contributed by atoms with van der Waals surface area (Å²) in [6.07, 6.45) is 0. The number of aliphatic carboxylic acids is 2. The topological polar surface area (TPSA) is 98.7 Å². The Labute approximate surface area is 106 Å². The molecule has 8 heteroatoms. The molecular weight excluding hydrogens is 252 g/mol. The number of carboxylic acids is 2. The number of rotatable bonds is 6. The Balaban J connectivity index is 0. The van der Waals surface area contributed by atoms with Crippen LogP contribution in [0.1, 0.15) is 0 Å². The predicted octanol–water partition coefficient (Wildman–Crippen LogP) is -0.822. The van der Waals surface area contributed by atoms with Gasteiger partial charge in [-0.25, -0.2) is 0 Å². The monoisotopic (exact) mass is 270 g/mol. The fourth-order valence-electron chi connectivity index (χ4n) is 0.586. The molecule has 0 aliphatic heterocycles. The first-order valence-corrected chi connectivity index (χ1v) is 5.72. The zero-order valence-corrected chi connectivity index (χ0v) is 11.0. The number of hydrogen-bond acceptors (Lipinski definition) is 6. The van der Waals surface area contributed by atoms with E-state index < -0.39 is 24.0 Å². The van der Waals surface area contributed by atoms with Gasteiger partial charge in [-0.2, -0.15) is 25.3 Å². The number of thiol groups is 2. The van der Waals surface area contributed by atoms with E-state index in [4.69, 9.17) is 10.2 Å². The molecule has 0 aliphatic rings. The summed E-state index contributed by atoms with van der Waals surface area (Å²) in [5, 5.41) is 21.7. The number of carbonyl (C=O) groups is 2. The van der Waals surface area contributed by atoms with Gasteiger partial charge in [-0.15, -0.1) is 0 Å². The Morgan fingerprint density at radius 1 is 1.00 bits per heavy atom. The van der Waals surface area contributed by atoms with Crippen molar-refractivity contribution < 1.29 is 19.8 Å². The van der Waals surface area contributed by atoms with Crippen molar-refractivity contribution in [3.05, 3.63) is 0 Å². The van der Waals surface area contributed by atoms with Crippen LogP contribution in [0.3, 0.4) is 0 Å². The Bertz CT molecular complexity index is 186. The third-order valence-corrected chi connectivity index (χ3v) is 2.39. The minimum atomic E-state index is -0.859. The molecule has 0 saturated carbocycles. The summed E-state index contributed by atoms with van der Waals surface area (Å²) in [5.74, 6) is -1.07. The van der Waals surface area contributed by atoms with Crippen molar-refractivity contribution in [3.8, 4) is 0 Å². The maximum Gasteiger partial charge on any atom is 0.321 e. The molecule has 0 aromatic rings. The molecule has 0 spiro atoms. The summed E-state index contributed by atoms with van der Waals surface area (Å²) in [4.78, 5) is 20.1. The Morgan fingerprint density at radius 3 is 1.25 bits per heavy atom. The van der Waals surface area contributed by atoms with Crippen LogP contribution in [0.5, 0.6) is 0 Å². The summed E-state index contributed by atoms with van der Waals surface area (Å²) in [6.45, 7) is 0. The van der Waals surface area contributed by atoms with Gasteiger partial charge in [0.25, 0.3) is 0 Å². The lowest BCUT2D eigenvalue weighted by atomic mass is 10.3. The van der Waals surface area contributed by atoms with Crippen LogP contribution in [-0.4, -0.2) is 59.8 Å². The van der Waals surface area contributed by atoms with Crippen LogP contribution in [0.15, 0.2) is 0 Å². The first-order chi connectivity index (χ1) is 7.44. The fraction of sp³-hybridized carbons (Fsp3) is 0.750. The van der Waals surface area contributed by atoms with Gasteiger partial charge in [0, 0.05) is 11.5 Å². The Kier molecular flexibility index (Phi) is 12.4. The molecule has 16 heavy (non-hydrogen) atoms. The minimum absolute atomic E-state index is 0.325. The second kappa shape index (κ2) is 11.1. The largest absolute Gasteiger partial charge is 0.480 e. The summed E-state index contributed by atoms with van der Waals surface area (Å²) < 4.78 is 0. The molecular formula is C8H18N2O4S2. The molecule has 0 rings (SSSR count). The molecule has 0 amide bonds. The number of hydrogen-bond donors (Lipinski definition) is 6. The molecule has 0 bridgehead atoms. The highest BCUT2D eigenvalue weighted by atomic mass is 32.1. The summed E-state index contributed by atoms with van der Waals surface area (Å²) >= 11 is 7.58. The van der Waals surface area contributed by atoms with Crippen molar-refractivity contribution >= 4 is 37.2 Å². The van der Waals surface area contributed by atoms with Crippen LogP contribution in [0, 0.1) is 0 Å². The summed E-state index contributed by atoms with van der Waals surface area (Å²) in [5.41, 5.74) is 0. The third kappa shape index (κ3) is 8.84. The van der Waals surface area contributed by atoms with E-state index in [1.54, 1.807) is 14.1 Å². The lowest BCUT2D eigenvalue weighted by Crippen LogP contribution is -2.35. The lowest BCUT2D eigenvalue weighted by Gasteiger charge is -2.04. The van der Waals surface area contributed by atoms with Crippen molar-refractivity contribution in [2.24, 2.45) is 0 Å². The van der Waals surface area contributed by atoms with Gasteiger partial charge < -0.3 is 20.8 Å². The molecule has 0 saturated heterocycles. The van der Waals surface area contributed by atoms with E-state index in [0.29, 0.717) is 11.5 Å². The zero-order chi connectivity index (χ0) is 13.1. The van der Waals surface area contributed by atoms with Gasteiger partial charge in [0.1, 0.15) is 12.1 Å². The van der Waals surface area contributed by atoms with Crippen molar-refractivity contribution in [2.45, 2.75) is 12.1 Å². The van der Waals surface area contributed by atoms with Gasteiger partial charge in [-0.3, -0.25) is 9.59 Å². The van der Waals surface area contributed by atoms with Crippen molar-refractivity contribution in [1.29, 1.82) is 0 Å². The van der Waals surface area contributed by atoms with Crippen molar-refractivity contribution in [2.75, 3.05) is 25.6 Å². The first kappa shape index (κ1) is 17.9. The van der Waals surface area contributed by atoms with Gasteiger partial charge in [0.05, 0.1) is 0 Å². The molecule has 0 heterocycles. The van der Waals surface area contributed by atoms with Gasteiger partial charge in [-0.1, -0.05) is 0 Å². The second-order valence-electron chi connectivity index (χ2n) is 2.72. The average molecular weight is 270 g/mol. The van der Waals surface area contributed by atoms with Crippen LogP contribution in [0.25, 0.3) is 0 Å². The highest BCUT2D eigenvalue weighted by Crippen LogP contribution is 1.85. The summed E-state index contributed by atoms with van der Waals surface area (Å²) in [7, 11) is 3.18. The van der Waals surface area contributed by atoms with Gasteiger partial charge in [-0.05, 0) is 14.1 Å². The Morgan fingerprint density at radius 2 is 1.25 bits per heavy atom. The van der Waals surface area contributed by atoms with E-state index in [1.807, 2.05) is 0 Å². The molecule has 96 valence electrons. The standard InChI is InChI=1S/2C4H9NO2S/c2*1-5-3(2-8)4(6)7/h2*3,5,8H,2H2,1H3,(H,6,7). The van der Waals surface area contributed by atoms with E-state index >= 15 is 0 Å². The summed E-state index contributed by atoms with van der Waals surface area (Å²) in [6, 6.07) is -1.03. The van der Waals surface area contributed by atoms with E-state index in [2.05, 4.69) is 35.9 Å². The van der Waals surface area contributed by atoms with Crippen molar-refractivity contribution in [1.82, 2.24) is 10.6 Å². The molecule has 2 unspecified atom stereocenters. The zero-order valence-electron chi connectivity index (χ0n) is 9.17. The molecule has 0 aliphatic carbocycles.